The Hall–Kier alpha value is -3.03. The second kappa shape index (κ2) is 8.24. The van der Waals surface area contributed by atoms with E-state index >= 15 is 0 Å². The van der Waals surface area contributed by atoms with Crippen LogP contribution in [0, 0.1) is 6.92 Å². The minimum atomic E-state index is -0.955. The van der Waals surface area contributed by atoms with Gasteiger partial charge < -0.3 is 14.3 Å². The number of aryl methyl sites for hydroxylation is 1. The summed E-state index contributed by atoms with van der Waals surface area (Å²) in [6.45, 7) is 1.86. The van der Waals surface area contributed by atoms with Crippen molar-refractivity contribution in [1.82, 2.24) is 0 Å². The number of rotatable bonds is 4. The summed E-state index contributed by atoms with van der Waals surface area (Å²) in [6, 6.07) is 12.3. The van der Waals surface area contributed by atoms with Gasteiger partial charge in [0.1, 0.15) is 23.3 Å². The number of methoxy groups -OCH3 is 1. The molecule has 1 unspecified atom stereocenters. The van der Waals surface area contributed by atoms with Gasteiger partial charge in [0.25, 0.3) is 11.7 Å². The number of halogens is 2. The van der Waals surface area contributed by atoms with Gasteiger partial charge in [-0.15, -0.1) is 0 Å². The highest BCUT2D eigenvalue weighted by molar-refractivity contribution is 9.10. The van der Waals surface area contributed by atoms with Crippen molar-refractivity contribution >= 4 is 50.7 Å². The first-order chi connectivity index (χ1) is 14.8. The van der Waals surface area contributed by atoms with Crippen molar-refractivity contribution in [2.75, 3.05) is 12.0 Å². The van der Waals surface area contributed by atoms with Crippen molar-refractivity contribution in [3.63, 3.8) is 0 Å². The van der Waals surface area contributed by atoms with Gasteiger partial charge in [-0.1, -0.05) is 33.6 Å². The molecule has 0 bridgehead atoms. The van der Waals surface area contributed by atoms with Crippen LogP contribution in [0.15, 0.2) is 69.3 Å². The fourth-order valence-electron chi connectivity index (χ4n) is 3.57. The van der Waals surface area contributed by atoms with Crippen molar-refractivity contribution < 1.29 is 23.8 Å². The first-order valence-electron chi connectivity index (χ1n) is 9.28. The zero-order valence-electron chi connectivity index (χ0n) is 16.6. The molecule has 0 saturated carbocycles. The molecule has 1 amide bonds. The maximum Gasteiger partial charge on any atom is 0.300 e. The summed E-state index contributed by atoms with van der Waals surface area (Å²) in [7, 11) is 1.48. The van der Waals surface area contributed by atoms with Crippen LogP contribution < -0.4 is 9.64 Å². The molecule has 3 aromatic rings. The maximum atomic E-state index is 13.1. The summed E-state index contributed by atoms with van der Waals surface area (Å²) in [4.78, 5) is 27.4. The smallest absolute Gasteiger partial charge is 0.300 e. The molecule has 1 atom stereocenters. The normalized spacial score (nSPS) is 17.9. The van der Waals surface area contributed by atoms with E-state index in [1.54, 1.807) is 42.5 Å². The molecule has 0 radical (unpaired) electrons. The molecule has 8 heteroatoms. The third-order valence-electron chi connectivity index (χ3n) is 5.10. The lowest BCUT2D eigenvalue weighted by molar-refractivity contribution is -0.132. The van der Waals surface area contributed by atoms with Gasteiger partial charge in [0.15, 0.2) is 0 Å². The number of amides is 1. The molecule has 4 rings (SSSR count). The summed E-state index contributed by atoms with van der Waals surface area (Å²) in [5.41, 5.74) is 1.60. The monoisotopic (exact) mass is 501 g/mol. The van der Waals surface area contributed by atoms with Crippen molar-refractivity contribution in [1.29, 1.82) is 0 Å². The van der Waals surface area contributed by atoms with Crippen LogP contribution in [0.4, 0.5) is 5.69 Å². The highest BCUT2D eigenvalue weighted by Crippen LogP contribution is 2.43. The summed E-state index contributed by atoms with van der Waals surface area (Å²) in [5.74, 6) is -1.12. The molecule has 0 aliphatic carbocycles. The number of ether oxygens (including phenoxy) is 1. The van der Waals surface area contributed by atoms with E-state index in [-0.39, 0.29) is 16.4 Å². The SMILES string of the molecule is COc1ccc(N2C(=O)C(=O)/C(=C(\O)c3ccc(Br)c(C)c3)C2c2ccco2)cc1Cl. The Bertz CT molecular complexity index is 1220. The van der Waals surface area contributed by atoms with Crippen molar-refractivity contribution in [2.24, 2.45) is 0 Å². The number of aliphatic hydroxyl groups excluding tert-OH is 1. The highest BCUT2D eigenvalue weighted by atomic mass is 79.9. The van der Waals surface area contributed by atoms with Gasteiger partial charge in [0, 0.05) is 15.7 Å². The summed E-state index contributed by atoms with van der Waals surface area (Å²) in [6.07, 6.45) is 1.44. The van der Waals surface area contributed by atoms with Gasteiger partial charge in [-0.05, 0) is 55.0 Å². The number of hydrogen-bond acceptors (Lipinski definition) is 5. The number of benzene rings is 2. The Balaban J connectivity index is 1.92. The van der Waals surface area contributed by atoms with Crippen LogP contribution in [0.2, 0.25) is 5.02 Å². The summed E-state index contributed by atoms with van der Waals surface area (Å²) in [5, 5.41) is 11.4. The lowest BCUT2D eigenvalue weighted by atomic mass is 9.98. The van der Waals surface area contributed by atoms with Crippen LogP contribution in [0.25, 0.3) is 5.76 Å². The first-order valence-corrected chi connectivity index (χ1v) is 10.4. The zero-order valence-corrected chi connectivity index (χ0v) is 18.9. The number of hydrogen-bond donors (Lipinski definition) is 1. The minimum absolute atomic E-state index is 0.0615. The van der Waals surface area contributed by atoms with E-state index in [1.165, 1.54) is 24.3 Å². The van der Waals surface area contributed by atoms with E-state index in [4.69, 9.17) is 20.8 Å². The van der Waals surface area contributed by atoms with Gasteiger partial charge in [-0.3, -0.25) is 14.5 Å². The van der Waals surface area contributed by atoms with Crippen molar-refractivity contribution in [2.45, 2.75) is 13.0 Å². The molecule has 31 heavy (non-hydrogen) atoms. The number of ketones is 1. The lowest BCUT2D eigenvalue weighted by Gasteiger charge is -2.24. The molecule has 6 nitrogen and oxygen atoms in total. The second-order valence-corrected chi connectivity index (χ2v) is 8.23. The number of furan rings is 1. The Morgan fingerprint density at radius 2 is 1.97 bits per heavy atom. The number of nitrogens with zero attached hydrogens (tertiary/aromatic N) is 1. The molecule has 1 aliphatic heterocycles. The van der Waals surface area contributed by atoms with E-state index in [9.17, 15) is 14.7 Å². The van der Waals surface area contributed by atoms with Crippen LogP contribution in [-0.2, 0) is 9.59 Å². The molecule has 2 aromatic carbocycles. The van der Waals surface area contributed by atoms with E-state index in [1.807, 2.05) is 6.92 Å². The van der Waals surface area contributed by atoms with Crippen molar-refractivity contribution in [3.05, 3.63) is 86.7 Å². The number of Topliss-reactive ketones (excluding diaryl/α,β-unsaturated/α-hetero) is 1. The molecular formula is C23H17BrClNO5. The second-order valence-electron chi connectivity index (χ2n) is 6.97. The fourth-order valence-corrected chi connectivity index (χ4v) is 4.07. The third kappa shape index (κ3) is 3.64. The Morgan fingerprint density at radius 3 is 2.58 bits per heavy atom. The van der Waals surface area contributed by atoms with Crippen LogP contribution in [0.1, 0.15) is 22.9 Å². The summed E-state index contributed by atoms with van der Waals surface area (Å²) < 4.78 is 11.6. The van der Waals surface area contributed by atoms with Gasteiger partial charge in [-0.25, -0.2) is 0 Å². The molecule has 1 saturated heterocycles. The first kappa shape index (κ1) is 21.2. The minimum Gasteiger partial charge on any atom is -0.507 e. The van der Waals surface area contributed by atoms with Gasteiger partial charge >= 0.3 is 0 Å². The average Bonchev–Trinajstić information content (AvgIpc) is 3.36. The van der Waals surface area contributed by atoms with Gasteiger partial charge in [0.05, 0.1) is 24.0 Å². The van der Waals surface area contributed by atoms with Crippen molar-refractivity contribution in [3.8, 4) is 5.75 Å². The molecule has 158 valence electrons. The Kier molecular flexibility index (Phi) is 5.64. The van der Waals surface area contributed by atoms with Crippen LogP contribution in [0.5, 0.6) is 5.75 Å². The van der Waals surface area contributed by atoms with E-state index < -0.39 is 17.7 Å². The molecular weight excluding hydrogens is 486 g/mol. The van der Waals surface area contributed by atoms with Crippen LogP contribution in [0.3, 0.4) is 0 Å². The number of aliphatic hydroxyl groups is 1. The number of anilines is 1. The third-order valence-corrected chi connectivity index (χ3v) is 6.29. The molecule has 0 spiro atoms. The fraction of sp³-hybridized carbons (Fsp3) is 0.130. The highest BCUT2D eigenvalue weighted by Gasteiger charge is 2.48. The van der Waals surface area contributed by atoms with E-state index in [2.05, 4.69) is 15.9 Å². The number of carbonyl (C=O) groups is 2. The quantitative estimate of drug-likeness (QED) is 0.284. The zero-order chi connectivity index (χ0) is 22.3. The number of carbonyl (C=O) groups excluding carboxylic acids is 2. The van der Waals surface area contributed by atoms with E-state index in [0.29, 0.717) is 22.8 Å². The summed E-state index contributed by atoms with van der Waals surface area (Å²) >= 11 is 9.68. The molecule has 1 N–H and O–H groups in total. The molecule has 1 fully saturated rings. The largest absolute Gasteiger partial charge is 0.507 e. The van der Waals surface area contributed by atoms with E-state index in [0.717, 1.165) is 10.0 Å². The standard InChI is InChI=1S/C23H17BrClNO5/c1-12-10-13(5-7-15(12)24)21(27)19-20(18-4-3-9-31-18)26(23(29)22(19)28)14-6-8-17(30-2)16(25)11-14/h3-11,20,27H,1-2H3/b21-19-. The van der Waals surface area contributed by atoms with Gasteiger partial charge in [0.2, 0.25) is 0 Å². The topological polar surface area (TPSA) is 80.0 Å². The molecule has 1 aliphatic rings. The molecule has 1 aromatic heterocycles. The Morgan fingerprint density at radius 1 is 1.19 bits per heavy atom. The Labute approximate surface area is 191 Å². The predicted molar refractivity (Wildman–Crippen MR) is 120 cm³/mol. The lowest BCUT2D eigenvalue weighted by Crippen LogP contribution is -2.29. The van der Waals surface area contributed by atoms with Gasteiger partial charge in [-0.2, -0.15) is 0 Å². The molecule has 2 heterocycles. The van der Waals surface area contributed by atoms with Crippen LogP contribution in [-0.4, -0.2) is 23.9 Å². The maximum absolute atomic E-state index is 13.1. The average molecular weight is 503 g/mol. The predicted octanol–water partition coefficient (Wildman–Crippen LogP) is 5.64. The van der Waals surface area contributed by atoms with Crippen LogP contribution >= 0.6 is 27.5 Å².